The summed E-state index contributed by atoms with van der Waals surface area (Å²) in [7, 11) is -4.06. The Labute approximate surface area is 179 Å². The molecule has 2 aromatic carbocycles. The van der Waals surface area contributed by atoms with Crippen molar-refractivity contribution in [1.29, 1.82) is 0 Å². The minimum Gasteiger partial charge on any atom is -0.464 e. The lowest BCUT2D eigenvalue weighted by Crippen LogP contribution is -2.22. The van der Waals surface area contributed by atoms with Crippen molar-refractivity contribution in [3.8, 4) is 17.1 Å². The van der Waals surface area contributed by atoms with E-state index in [0.29, 0.717) is 28.4 Å². The third-order valence-electron chi connectivity index (χ3n) is 4.21. The minimum atomic E-state index is -4.06. The second-order valence-corrected chi connectivity index (χ2v) is 8.34. The quantitative estimate of drug-likeness (QED) is 0.452. The number of sulfonamides is 1. The van der Waals surface area contributed by atoms with E-state index in [9.17, 15) is 13.5 Å². The van der Waals surface area contributed by atoms with Gasteiger partial charge in [0.2, 0.25) is 10.0 Å². The second-order valence-electron chi connectivity index (χ2n) is 6.40. The van der Waals surface area contributed by atoms with Gasteiger partial charge in [-0.05, 0) is 30.7 Å². The molecule has 0 fully saturated rings. The Balaban J connectivity index is 1.86. The van der Waals surface area contributed by atoms with E-state index in [4.69, 9.17) is 21.5 Å². The number of aliphatic hydroxyl groups is 1. The molecule has 0 aliphatic carbocycles. The van der Waals surface area contributed by atoms with E-state index in [1.54, 1.807) is 30.3 Å². The van der Waals surface area contributed by atoms with Gasteiger partial charge >= 0.3 is 6.01 Å². The van der Waals surface area contributed by atoms with Crippen molar-refractivity contribution in [3.63, 3.8) is 0 Å². The van der Waals surface area contributed by atoms with Crippen molar-refractivity contribution in [2.45, 2.75) is 24.5 Å². The van der Waals surface area contributed by atoms with Gasteiger partial charge in [-0.3, -0.25) is 0 Å². The molecular weight excluding hydrogens is 428 g/mol. The summed E-state index contributed by atoms with van der Waals surface area (Å²) in [6.45, 7) is 2.22. The van der Waals surface area contributed by atoms with E-state index in [1.807, 2.05) is 13.0 Å². The summed E-state index contributed by atoms with van der Waals surface area (Å²) in [5, 5.41) is 19.2. The number of halogens is 1. The number of hydrogen-bond acceptors (Lipinski definition) is 7. The number of ether oxygens (including phenoxy) is 1. The topological polar surface area (TPSA) is 127 Å². The molecule has 30 heavy (non-hydrogen) atoms. The molecule has 4 N–H and O–H groups in total. The summed E-state index contributed by atoms with van der Waals surface area (Å²) >= 11 is 6.12. The molecule has 10 heteroatoms. The molecule has 0 aliphatic rings. The molecule has 0 radical (unpaired) electrons. The highest BCUT2D eigenvalue weighted by Crippen LogP contribution is 2.29. The molecule has 0 bridgehead atoms. The maximum Gasteiger partial charge on any atom is 0.316 e. The van der Waals surface area contributed by atoms with Crippen molar-refractivity contribution >= 4 is 27.3 Å². The van der Waals surface area contributed by atoms with Gasteiger partial charge in [-0.2, -0.15) is 0 Å². The molecule has 0 saturated carbocycles. The molecule has 0 spiro atoms. The van der Waals surface area contributed by atoms with Crippen LogP contribution in [-0.4, -0.2) is 36.3 Å². The van der Waals surface area contributed by atoms with Crippen LogP contribution in [0.1, 0.15) is 12.5 Å². The monoisotopic (exact) mass is 448 g/mol. The first kappa shape index (κ1) is 22.0. The van der Waals surface area contributed by atoms with Crippen molar-refractivity contribution in [1.82, 2.24) is 9.97 Å². The molecule has 158 valence electrons. The third-order valence-corrected chi connectivity index (χ3v) is 5.52. The lowest BCUT2D eigenvalue weighted by Gasteiger charge is -2.17. The molecule has 1 heterocycles. The highest BCUT2D eigenvalue weighted by atomic mass is 35.5. The molecule has 0 amide bonds. The van der Waals surface area contributed by atoms with Gasteiger partial charge in [-0.15, -0.1) is 0 Å². The van der Waals surface area contributed by atoms with Crippen LogP contribution in [0.3, 0.4) is 0 Å². The zero-order valence-corrected chi connectivity index (χ0v) is 17.7. The van der Waals surface area contributed by atoms with Gasteiger partial charge < -0.3 is 15.2 Å². The molecule has 3 aromatic rings. The summed E-state index contributed by atoms with van der Waals surface area (Å²) in [4.78, 5) is 7.99. The lowest BCUT2D eigenvalue weighted by molar-refractivity contribution is 0.204. The number of benzene rings is 2. The molecular formula is C20H21ClN4O4S. The van der Waals surface area contributed by atoms with Crippen LogP contribution in [-0.2, 0) is 16.4 Å². The number of nitrogens with zero attached hydrogens (tertiary/aromatic N) is 2. The van der Waals surface area contributed by atoms with E-state index in [0.717, 1.165) is 5.56 Å². The highest BCUT2D eigenvalue weighted by molar-refractivity contribution is 7.89. The maximum atomic E-state index is 12.2. The van der Waals surface area contributed by atoms with Gasteiger partial charge in [0, 0.05) is 40.7 Å². The molecule has 3 rings (SSSR count). The van der Waals surface area contributed by atoms with Crippen LogP contribution in [0, 0.1) is 0 Å². The summed E-state index contributed by atoms with van der Waals surface area (Å²) < 4.78 is 29.6. The fourth-order valence-electron chi connectivity index (χ4n) is 2.86. The lowest BCUT2D eigenvalue weighted by atomic mass is 10.1. The SMILES string of the molecule is CCOc1ncc(-c2ccc(NC(O)Cc3ccccc3Cl)cc2S(N)(=O)=O)cn1. The molecule has 1 atom stereocenters. The van der Waals surface area contributed by atoms with E-state index < -0.39 is 16.3 Å². The van der Waals surface area contributed by atoms with Gasteiger partial charge in [0.25, 0.3) is 0 Å². The third kappa shape index (κ3) is 5.45. The van der Waals surface area contributed by atoms with Crippen LogP contribution >= 0.6 is 11.6 Å². The van der Waals surface area contributed by atoms with Crippen LogP contribution in [0.25, 0.3) is 11.1 Å². The van der Waals surface area contributed by atoms with Crippen molar-refractivity contribution in [3.05, 3.63) is 65.4 Å². The van der Waals surface area contributed by atoms with Gasteiger partial charge in [0.05, 0.1) is 11.5 Å². The predicted octanol–water partition coefficient (Wildman–Crippen LogP) is 2.82. The normalized spacial score (nSPS) is 12.4. The first-order chi connectivity index (χ1) is 14.3. The summed E-state index contributed by atoms with van der Waals surface area (Å²) in [5.41, 5.74) is 1.94. The van der Waals surface area contributed by atoms with Crippen molar-refractivity contribution < 1.29 is 18.3 Å². The maximum absolute atomic E-state index is 12.2. The van der Waals surface area contributed by atoms with Gasteiger partial charge in [-0.1, -0.05) is 35.9 Å². The zero-order chi connectivity index (χ0) is 21.7. The van der Waals surface area contributed by atoms with Crippen LogP contribution < -0.4 is 15.2 Å². The van der Waals surface area contributed by atoms with Gasteiger partial charge in [0.1, 0.15) is 6.23 Å². The van der Waals surface area contributed by atoms with E-state index >= 15 is 0 Å². The fourth-order valence-corrected chi connectivity index (χ4v) is 3.86. The second kappa shape index (κ2) is 9.40. The number of nitrogens with one attached hydrogen (secondary N) is 1. The minimum absolute atomic E-state index is 0.120. The average Bonchev–Trinajstić information content (AvgIpc) is 2.70. The number of aliphatic hydroxyl groups excluding tert-OH is 1. The highest BCUT2D eigenvalue weighted by Gasteiger charge is 2.18. The Hall–Kier alpha value is -2.72. The molecule has 0 aliphatic heterocycles. The fraction of sp³-hybridized carbons (Fsp3) is 0.200. The Morgan fingerprint density at radius 1 is 1.20 bits per heavy atom. The summed E-state index contributed by atoms with van der Waals surface area (Å²) in [6.07, 6.45) is 2.17. The van der Waals surface area contributed by atoms with Gasteiger partial charge in [-0.25, -0.2) is 23.5 Å². The van der Waals surface area contributed by atoms with Crippen LogP contribution in [0.2, 0.25) is 5.02 Å². The molecule has 1 unspecified atom stereocenters. The standard InChI is InChI=1S/C20H21ClN4O4S/c1-2-29-20-23-11-14(12-24-20)16-8-7-15(10-18(16)30(22,27)28)25-19(26)9-13-5-3-4-6-17(13)21/h3-8,10-12,19,25-26H,2,9H2,1H3,(H2,22,27,28). The van der Waals surface area contributed by atoms with E-state index in [-0.39, 0.29) is 17.3 Å². The molecule has 1 aromatic heterocycles. The number of aromatic nitrogens is 2. The zero-order valence-electron chi connectivity index (χ0n) is 16.1. The predicted molar refractivity (Wildman–Crippen MR) is 115 cm³/mol. The number of rotatable bonds is 8. The van der Waals surface area contributed by atoms with Gasteiger partial charge in [0.15, 0.2) is 0 Å². The first-order valence-corrected chi connectivity index (χ1v) is 11.0. The van der Waals surface area contributed by atoms with E-state index in [1.165, 1.54) is 18.5 Å². The number of anilines is 1. The summed E-state index contributed by atoms with van der Waals surface area (Å²) in [5.74, 6) is 0. The largest absolute Gasteiger partial charge is 0.464 e. The van der Waals surface area contributed by atoms with E-state index in [2.05, 4.69) is 15.3 Å². The smallest absolute Gasteiger partial charge is 0.316 e. The first-order valence-electron chi connectivity index (χ1n) is 9.08. The number of hydrogen-bond donors (Lipinski definition) is 3. The molecule has 0 saturated heterocycles. The summed E-state index contributed by atoms with van der Waals surface area (Å²) in [6, 6.07) is 11.9. The van der Waals surface area contributed by atoms with Crippen LogP contribution in [0.5, 0.6) is 6.01 Å². The van der Waals surface area contributed by atoms with Crippen molar-refractivity contribution in [2.75, 3.05) is 11.9 Å². The number of nitrogens with two attached hydrogens (primary N) is 1. The Bertz CT molecular complexity index is 1120. The van der Waals surface area contributed by atoms with Crippen LogP contribution in [0.4, 0.5) is 5.69 Å². The Morgan fingerprint density at radius 2 is 1.90 bits per heavy atom. The average molecular weight is 449 g/mol. The Morgan fingerprint density at radius 3 is 2.53 bits per heavy atom. The van der Waals surface area contributed by atoms with Crippen LogP contribution in [0.15, 0.2) is 59.8 Å². The number of primary sulfonamides is 1. The van der Waals surface area contributed by atoms with Crippen molar-refractivity contribution in [2.24, 2.45) is 5.14 Å². The molecule has 8 nitrogen and oxygen atoms in total. The Kier molecular flexibility index (Phi) is 6.88.